The highest BCUT2D eigenvalue weighted by Crippen LogP contribution is 2.26. The van der Waals surface area contributed by atoms with Gasteiger partial charge < -0.3 is 10.5 Å². The van der Waals surface area contributed by atoms with Crippen LogP contribution in [0.1, 0.15) is 11.7 Å². The van der Waals surface area contributed by atoms with E-state index in [-0.39, 0.29) is 12.3 Å². The predicted octanol–water partition coefficient (Wildman–Crippen LogP) is 2.29. The third-order valence-electron chi connectivity index (χ3n) is 2.47. The standard InChI is InChI=1S/C12H13ClFN3O/c1-17-7-8(6-16-17)12(5-15)18-11-3-2-9(13)4-10(11)14/h2-4,6-7,12H,5,15H2,1H3. The molecule has 0 aliphatic carbocycles. The van der Waals surface area contributed by atoms with Crippen molar-refractivity contribution in [3.05, 3.63) is 47.0 Å². The second kappa shape index (κ2) is 5.37. The number of hydrogen-bond acceptors (Lipinski definition) is 3. The molecule has 18 heavy (non-hydrogen) atoms. The largest absolute Gasteiger partial charge is 0.481 e. The maximum atomic E-state index is 13.6. The lowest BCUT2D eigenvalue weighted by molar-refractivity contribution is 0.204. The number of nitrogens with two attached hydrogens (primary N) is 1. The lowest BCUT2D eigenvalue weighted by Crippen LogP contribution is -2.18. The number of aromatic nitrogens is 2. The molecule has 0 radical (unpaired) electrons. The summed E-state index contributed by atoms with van der Waals surface area (Å²) in [6.07, 6.45) is 2.99. The fourth-order valence-electron chi connectivity index (χ4n) is 1.58. The van der Waals surface area contributed by atoms with Gasteiger partial charge in [-0.3, -0.25) is 4.68 Å². The van der Waals surface area contributed by atoms with Gasteiger partial charge in [0.15, 0.2) is 11.6 Å². The first kappa shape index (κ1) is 12.9. The molecule has 0 aliphatic heterocycles. The van der Waals surface area contributed by atoms with Gasteiger partial charge in [0.25, 0.3) is 0 Å². The maximum Gasteiger partial charge on any atom is 0.166 e. The minimum atomic E-state index is -0.509. The van der Waals surface area contributed by atoms with E-state index in [2.05, 4.69) is 5.10 Å². The molecule has 0 aliphatic rings. The molecule has 1 aromatic heterocycles. The highest BCUT2D eigenvalue weighted by atomic mass is 35.5. The van der Waals surface area contributed by atoms with E-state index in [1.165, 1.54) is 12.1 Å². The van der Waals surface area contributed by atoms with Crippen LogP contribution in [0.15, 0.2) is 30.6 Å². The van der Waals surface area contributed by atoms with E-state index in [1.54, 1.807) is 30.2 Å². The Morgan fingerprint density at radius 1 is 1.56 bits per heavy atom. The summed E-state index contributed by atoms with van der Waals surface area (Å²) in [5.41, 5.74) is 6.43. The molecule has 2 N–H and O–H groups in total. The van der Waals surface area contributed by atoms with Crippen molar-refractivity contribution in [1.29, 1.82) is 0 Å². The Bertz CT molecular complexity index is 544. The van der Waals surface area contributed by atoms with Crippen molar-refractivity contribution in [3.63, 3.8) is 0 Å². The zero-order valence-electron chi connectivity index (χ0n) is 9.81. The number of halogens is 2. The average molecular weight is 270 g/mol. The van der Waals surface area contributed by atoms with Gasteiger partial charge in [-0.2, -0.15) is 5.10 Å². The molecule has 0 fully saturated rings. The fraction of sp³-hybridized carbons (Fsp3) is 0.250. The van der Waals surface area contributed by atoms with Crippen molar-refractivity contribution in [2.45, 2.75) is 6.10 Å². The van der Waals surface area contributed by atoms with Crippen molar-refractivity contribution in [2.24, 2.45) is 12.8 Å². The Morgan fingerprint density at radius 2 is 2.33 bits per heavy atom. The highest BCUT2D eigenvalue weighted by molar-refractivity contribution is 6.30. The first-order valence-electron chi connectivity index (χ1n) is 5.40. The van der Waals surface area contributed by atoms with Gasteiger partial charge in [0.05, 0.1) is 6.20 Å². The smallest absolute Gasteiger partial charge is 0.166 e. The van der Waals surface area contributed by atoms with E-state index in [0.717, 1.165) is 5.56 Å². The van der Waals surface area contributed by atoms with Crippen molar-refractivity contribution >= 4 is 11.6 Å². The van der Waals surface area contributed by atoms with Gasteiger partial charge in [-0.1, -0.05) is 11.6 Å². The molecular weight excluding hydrogens is 257 g/mol. The molecule has 2 rings (SSSR count). The van der Waals surface area contributed by atoms with Crippen LogP contribution in [0.5, 0.6) is 5.75 Å². The molecule has 96 valence electrons. The van der Waals surface area contributed by atoms with Gasteiger partial charge in [-0.15, -0.1) is 0 Å². The maximum absolute atomic E-state index is 13.6. The Hall–Kier alpha value is -1.59. The number of ether oxygens (including phenoxy) is 1. The quantitative estimate of drug-likeness (QED) is 0.927. The van der Waals surface area contributed by atoms with Crippen LogP contribution in [0.2, 0.25) is 5.02 Å². The summed E-state index contributed by atoms with van der Waals surface area (Å²) in [6, 6.07) is 4.25. The molecule has 2 aromatic rings. The molecule has 0 saturated heterocycles. The minimum Gasteiger partial charge on any atom is -0.481 e. The van der Waals surface area contributed by atoms with Crippen LogP contribution in [0.3, 0.4) is 0 Å². The summed E-state index contributed by atoms with van der Waals surface area (Å²) >= 11 is 5.67. The number of nitrogens with zero attached hydrogens (tertiary/aromatic N) is 2. The number of hydrogen-bond donors (Lipinski definition) is 1. The molecule has 1 heterocycles. The van der Waals surface area contributed by atoms with Crippen molar-refractivity contribution in [3.8, 4) is 5.75 Å². The van der Waals surface area contributed by atoms with Gasteiger partial charge in [0, 0.05) is 30.4 Å². The zero-order valence-corrected chi connectivity index (χ0v) is 10.6. The Morgan fingerprint density at radius 3 is 2.89 bits per heavy atom. The van der Waals surface area contributed by atoms with Crippen LogP contribution in [0.25, 0.3) is 0 Å². The van der Waals surface area contributed by atoms with E-state index in [1.807, 2.05) is 0 Å². The first-order chi connectivity index (χ1) is 8.60. The third kappa shape index (κ3) is 2.80. The Kier molecular flexibility index (Phi) is 3.84. The lowest BCUT2D eigenvalue weighted by Gasteiger charge is -2.16. The predicted molar refractivity (Wildman–Crippen MR) is 67.0 cm³/mol. The lowest BCUT2D eigenvalue weighted by atomic mass is 10.2. The molecule has 0 amide bonds. The van der Waals surface area contributed by atoms with Gasteiger partial charge in [0.2, 0.25) is 0 Å². The van der Waals surface area contributed by atoms with Gasteiger partial charge in [-0.05, 0) is 18.2 Å². The SMILES string of the molecule is Cn1cc(C(CN)Oc2ccc(Cl)cc2F)cn1. The van der Waals surface area contributed by atoms with Crippen LogP contribution in [0, 0.1) is 5.82 Å². The number of benzene rings is 1. The summed E-state index contributed by atoms with van der Waals surface area (Å²) in [6.45, 7) is 0.230. The average Bonchev–Trinajstić information content (AvgIpc) is 2.75. The second-order valence-corrected chi connectivity index (χ2v) is 4.30. The topological polar surface area (TPSA) is 53.1 Å². The first-order valence-corrected chi connectivity index (χ1v) is 5.78. The summed E-state index contributed by atoms with van der Waals surface area (Å²) in [4.78, 5) is 0. The van der Waals surface area contributed by atoms with Crippen LogP contribution in [-0.2, 0) is 7.05 Å². The molecule has 1 aromatic carbocycles. The fourth-order valence-corrected chi connectivity index (χ4v) is 1.74. The van der Waals surface area contributed by atoms with E-state index in [9.17, 15) is 4.39 Å². The van der Waals surface area contributed by atoms with Crippen molar-refractivity contribution < 1.29 is 9.13 Å². The summed E-state index contributed by atoms with van der Waals surface area (Å²) in [7, 11) is 1.79. The Balaban J connectivity index is 2.20. The Labute approximate surface area is 109 Å². The molecule has 4 nitrogen and oxygen atoms in total. The number of rotatable bonds is 4. The molecular formula is C12H13ClFN3O. The molecule has 0 spiro atoms. The molecule has 1 unspecified atom stereocenters. The van der Waals surface area contributed by atoms with Crippen LogP contribution >= 0.6 is 11.6 Å². The van der Waals surface area contributed by atoms with Crippen molar-refractivity contribution in [1.82, 2.24) is 9.78 Å². The van der Waals surface area contributed by atoms with Gasteiger partial charge in [0.1, 0.15) is 6.10 Å². The van der Waals surface area contributed by atoms with Crippen LogP contribution in [0.4, 0.5) is 4.39 Å². The zero-order chi connectivity index (χ0) is 13.1. The molecule has 1 atom stereocenters. The normalized spacial score (nSPS) is 12.4. The number of aryl methyl sites for hydroxylation is 1. The van der Waals surface area contributed by atoms with Gasteiger partial charge >= 0.3 is 0 Å². The van der Waals surface area contributed by atoms with Crippen molar-refractivity contribution in [2.75, 3.05) is 6.54 Å². The van der Waals surface area contributed by atoms with E-state index < -0.39 is 11.9 Å². The summed E-state index contributed by atoms with van der Waals surface area (Å²) in [5, 5.41) is 4.35. The van der Waals surface area contributed by atoms with E-state index in [0.29, 0.717) is 5.02 Å². The van der Waals surface area contributed by atoms with E-state index in [4.69, 9.17) is 22.1 Å². The van der Waals surface area contributed by atoms with Gasteiger partial charge in [-0.25, -0.2) is 4.39 Å². The van der Waals surface area contributed by atoms with Crippen LogP contribution in [-0.4, -0.2) is 16.3 Å². The third-order valence-corrected chi connectivity index (χ3v) is 2.71. The minimum absolute atomic E-state index is 0.124. The second-order valence-electron chi connectivity index (χ2n) is 3.86. The summed E-state index contributed by atoms with van der Waals surface area (Å²) in [5.74, 6) is -0.386. The molecule has 0 bridgehead atoms. The van der Waals surface area contributed by atoms with Crippen LogP contribution < -0.4 is 10.5 Å². The summed E-state index contributed by atoms with van der Waals surface area (Å²) < 4.78 is 20.8. The molecule has 6 heteroatoms. The monoisotopic (exact) mass is 269 g/mol. The van der Waals surface area contributed by atoms with E-state index >= 15 is 0 Å². The molecule has 0 saturated carbocycles. The highest BCUT2D eigenvalue weighted by Gasteiger charge is 2.15.